The standard InChI is InChI=1S/C18H24N2O2S2/c1-3-22-13-9-10-15-16(11-13)24-18(19-15)20-17(21)12(2)23-14-7-5-4-6-8-14/h9-12,14H,3-8H2,1-2H3,(H,19,20,21). The summed E-state index contributed by atoms with van der Waals surface area (Å²) in [7, 11) is 0. The predicted octanol–water partition coefficient (Wildman–Crippen LogP) is 5.09. The molecule has 2 aromatic rings. The number of nitrogens with one attached hydrogen (secondary N) is 1. The number of rotatable bonds is 6. The van der Waals surface area contributed by atoms with E-state index in [1.54, 1.807) is 0 Å². The Morgan fingerprint density at radius 1 is 1.42 bits per heavy atom. The molecule has 130 valence electrons. The summed E-state index contributed by atoms with van der Waals surface area (Å²) < 4.78 is 6.55. The van der Waals surface area contributed by atoms with Crippen LogP contribution in [0.3, 0.4) is 0 Å². The fourth-order valence-corrected chi connectivity index (χ4v) is 5.24. The van der Waals surface area contributed by atoms with Crippen LogP contribution in [0.15, 0.2) is 18.2 Å². The van der Waals surface area contributed by atoms with E-state index in [2.05, 4.69) is 10.3 Å². The fourth-order valence-electron chi connectivity index (χ4n) is 2.97. The Labute approximate surface area is 151 Å². The van der Waals surface area contributed by atoms with E-state index < -0.39 is 0 Å². The molecule has 0 saturated heterocycles. The molecule has 1 aliphatic carbocycles. The lowest BCUT2D eigenvalue weighted by Gasteiger charge is -2.23. The molecular weight excluding hydrogens is 340 g/mol. The first kappa shape index (κ1) is 17.5. The van der Waals surface area contributed by atoms with Crippen molar-refractivity contribution in [3.05, 3.63) is 18.2 Å². The lowest BCUT2D eigenvalue weighted by molar-refractivity contribution is -0.115. The van der Waals surface area contributed by atoms with Crippen molar-refractivity contribution in [2.75, 3.05) is 11.9 Å². The molecule has 1 saturated carbocycles. The van der Waals surface area contributed by atoms with Gasteiger partial charge in [-0.2, -0.15) is 0 Å². The first-order valence-corrected chi connectivity index (χ1v) is 10.4. The average molecular weight is 365 g/mol. The zero-order valence-corrected chi connectivity index (χ0v) is 15.8. The third-order valence-corrected chi connectivity index (χ3v) is 6.63. The molecule has 1 unspecified atom stereocenters. The molecule has 0 bridgehead atoms. The van der Waals surface area contributed by atoms with E-state index in [0.717, 1.165) is 16.0 Å². The minimum Gasteiger partial charge on any atom is -0.494 e. The largest absolute Gasteiger partial charge is 0.494 e. The number of anilines is 1. The van der Waals surface area contributed by atoms with Crippen molar-refractivity contribution in [1.29, 1.82) is 0 Å². The predicted molar refractivity (Wildman–Crippen MR) is 103 cm³/mol. The summed E-state index contributed by atoms with van der Waals surface area (Å²) in [5.41, 5.74) is 0.895. The summed E-state index contributed by atoms with van der Waals surface area (Å²) in [6.07, 6.45) is 6.42. The van der Waals surface area contributed by atoms with Crippen molar-refractivity contribution < 1.29 is 9.53 Å². The maximum Gasteiger partial charge on any atom is 0.238 e. The normalized spacial score (nSPS) is 16.9. The molecule has 0 radical (unpaired) electrons. The minimum atomic E-state index is -0.0425. The smallest absolute Gasteiger partial charge is 0.238 e. The number of aromatic nitrogens is 1. The summed E-state index contributed by atoms with van der Waals surface area (Å²) in [5.74, 6) is 0.891. The number of carbonyl (C=O) groups excluding carboxylic acids is 1. The topological polar surface area (TPSA) is 51.2 Å². The summed E-state index contributed by atoms with van der Waals surface area (Å²) in [6.45, 7) is 4.60. The highest BCUT2D eigenvalue weighted by Gasteiger charge is 2.22. The van der Waals surface area contributed by atoms with E-state index in [4.69, 9.17) is 4.74 Å². The van der Waals surface area contributed by atoms with Crippen LogP contribution in [-0.2, 0) is 4.79 Å². The quantitative estimate of drug-likeness (QED) is 0.776. The van der Waals surface area contributed by atoms with Crippen LogP contribution < -0.4 is 10.1 Å². The second-order valence-corrected chi connectivity index (χ2v) is 8.79. The van der Waals surface area contributed by atoms with Crippen molar-refractivity contribution in [3.63, 3.8) is 0 Å². The first-order chi connectivity index (χ1) is 11.7. The molecule has 3 rings (SSSR count). The third kappa shape index (κ3) is 4.42. The van der Waals surface area contributed by atoms with Gasteiger partial charge in [0.25, 0.3) is 0 Å². The Hall–Kier alpha value is -1.27. The second-order valence-electron chi connectivity index (χ2n) is 6.11. The van der Waals surface area contributed by atoms with Gasteiger partial charge in [0.15, 0.2) is 5.13 Å². The molecule has 1 atom stereocenters. The van der Waals surface area contributed by atoms with E-state index in [-0.39, 0.29) is 11.2 Å². The van der Waals surface area contributed by atoms with Gasteiger partial charge in [-0.15, -0.1) is 11.8 Å². The number of hydrogen-bond donors (Lipinski definition) is 1. The molecule has 1 heterocycles. The number of hydrogen-bond acceptors (Lipinski definition) is 5. The summed E-state index contributed by atoms with van der Waals surface area (Å²) in [6, 6.07) is 5.83. The Morgan fingerprint density at radius 2 is 2.21 bits per heavy atom. The molecular formula is C18H24N2O2S2. The lowest BCUT2D eigenvalue weighted by Crippen LogP contribution is -2.25. The monoisotopic (exact) mass is 364 g/mol. The van der Waals surface area contributed by atoms with Gasteiger partial charge in [0, 0.05) is 5.25 Å². The molecule has 6 heteroatoms. The molecule has 1 fully saturated rings. The van der Waals surface area contributed by atoms with E-state index >= 15 is 0 Å². The molecule has 1 aliphatic rings. The fraction of sp³-hybridized carbons (Fsp3) is 0.556. The summed E-state index contributed by atoms with van der Waals surface area (Å²) in [5, 5.41) is 4.23. The van der Waals surface area contributed by atoms with Gasteiger partial charge in [-0.05, 0) is 44.9 Å². The summed E-state index contributed by atoms with van der Waals surface area (Å²) in [4.78, 5) is 16.9. The zero-order chi connectivity index (χ0) is 16.9. The van der Waals surface area contributed by atoms with Crippen LogP contribution in [0, 0.1) is 0 Å². The molecule has 4 nitrogen and oxygen atoms in total. The maximum absolute atomic E-state index is 12.4. The highest BCUT2D eigenvalue weighted by atomic mass is 32.2. The number of fused-ring (bicyclic) bond motifs is 1. The number of ether oxygens (including phenoxy) is 1. The number of amides is 1. The molecule has 1 amide bonds. The first-order valence-electron chi connectivity index (χ1n) is 8.65. The Kier molecular flexibility index (Phi) is 6.00. The van der Waals surface area contributed by atoms with Crippen molar-refractivity contribution in [1.82, 2.24) is 4.98 Å². The molecule has 0 spiro atoms. The van der Waals surface area contributed by atoms with Crippen molar-refractivity contribution >= 4 is 44.4 Å². The third-order valence-electron chi connectivity index (χ3n) is 4.22. The van der Waals surface area contributed by atoms with Gasteiger partial charge in [0.05, 0.1) is 22.1 Å². The summed E-state index contributed by atoms with van der Waals surface area (Å²) >= 11 is 3.31. The second kappa shape index (κ2) is 8.21. The van der Waals surface area contributed by atoms with E-state index in [1.165, 1.54) is 43.4 Å². The van der Waals surface area contributed by atoms with Gasteiger partial charge in [-0.3, -0.25) is 4.79 Å². The number of thiazole rings is 1. The van der Waals surface area contributed by atoms with Gasteiger partial charge in [0.1, 0.15) is 5.75 Å². The Balaban J connectivity index is 1.61. The van der Waals surface area contributed by atoms with Gasteiger partial charge in [0.2, 0.25) is 5.91 Å². The zero-order valence-electron chi connectivity index (χ0n) is 14.2. The molecule has 24 heavy (non-hydrogen) atoms. The van der Waals surface area contributed by atoms with Gasteiger partial charge < -0.3 is 10.1 Å². The lowest BCUT2D eigenvalue weighted by atomic mass is 10.0. The van der Waals surface area contributed by atoms with Crippen LogP contribution >= 0.6 is 23.1 Å². The van der Waals surface area contributed by atoms with Crippen molar-refractivity contribution in [2.45, 2.75) is 56.5 Å². The molecule has 1 aromatic heterocycles. The van der Waals surface area contributed by atoms with E-state index in [9.17, 15) is 4.79 Å². The van der Waals surface area contributed by atoms with Crippen LogP contribution in [0.2, 0.25) is 0 Å². The van der Waals surface area contributed by atoms with Gasteiger partial charge in [-0.1, -0.05) is 30.6 Å². The van der Waals surface area contributed by atoms with Gasteiger partial charge in [-0.25, -0.2) is 4.98 Å². The number of nitrogens with zero attached hydrogens (tertiary/aromatic N) is 1. The molecule has 0 aliphatic heterocycles. The number of thioether (sulfide) groups is 1. The SMILES string of the molecule is CCOc1ccc2nc(NC(=O)C(C)SC3CCCCC3)sc2c1. The highest BCUT2D eigenvalue weighted by molar-refractivity contribution is 8.01. The molecule has 1 aromatic carbocycles. The minimum absolute atomic E-state index is 0.0425. The number of carbonyl (C=O) groups is 1. The van der Waals surface area contributed by atoms with Crippen molar-refractivity contribution in [3.8, 4) is 5.75 Å². The van der Waals surface area contributed by atoms with Crippen LogP contribution in [-0.4, -0.2) is 28.0 Å². The Bertz CT molecular complexity index is 695. The highest BCUT2D eigenvalue weighted by Crippen LogP contribution is 2.33. The van der Waals surface area contributed by atoms with Crippen LogP contribution in [0.25, 0.3) is 10.2 Å². The van der Waals surface area contributed by atoms with E-state index in [0.29, 0.717) is 17.0 Å². The average Bonchev–Trinajstić information content (AvgIpc) is 2.97. The Morgan fingerprint density at radius 3 is 2.96 bits per heavy atom. The van der Waals surface area contributed by atoms with Crippen molar-refractivity contribution in [2.24, 2.45) is 0 Å². The van der Waals surface area contributed by atoms with Crippen LogP contribution in [0.1, 0.15) is 46.0 Å². The van der Waals surface area contributed by atoms with Crippen LogP contribution in [0.4, 0.5) is 5.13 Å². The van der Waals surface area contributed by atoms with E-state index in [1.807, 2.05) is 43.8 Å². The maximum atomic E-state index is 12.4. The van der Waals surface area contributed by atoms with Crippen LogP contribution in [0.5, 0.6) is 5.75 Å². The van der Waals surface area contributed by atoms with Gasteiger partial charge >= 0.3 is 0 Å². The molecule has 1 N–H and O–H groups in total. The number of benzene rings is 1.